The van der Waals surface area contributed by atoms with E-state index >= 15 is 0 Å². The molecule has 1 fully saturated rings. The molecule has 4 aromatic rings. The number of amides is 1. The first-order valence-electron chi connectivity index (χ1n) is 15.7. The number of carbonyl (C=O) groups is 1. The summed E-state index contributed by atoms with van der Waals surface area (Å²) in [5.41, 5.74) is 1.98. The molecule has 0 aromatic heterocycles. The Labute approximate surface area is 270 Å². The summed E-state index contributed by atoms with van der Waals surface area (Å²) in [7, 11) is -3.72. The summed E-state index contributed by atoms with van der Waals surface area (Å²) in [5, 5.41) is 9.07. The third-order valence-electron chi connectivity index (χ3n) is 8.58. The number of hydrogen-bond donors (Lipinski definition) is 1. The van der Waals surface area contributed by atoms with E-state index in [1.165, 1.54) is 0 Å². The summed E-state index contributed by atoms with van der Waals surface area (Å²) in [6.07, 6.45) is 1.41. The second-order valence-corrected chi connectivity index (χ2v) is 13.8. The van der Waals surface area contributed by atoms with Crippen LogP contribution in [0.5, 0.6) is 5.75 Å². The number of aliphatic hydroxyl groups is 1. The van der Waals surface area contributed by atoms with Gasteiger partial charge in [0.15, 0.2) is 21.5 Å². The van der Waals surface area contributed by atoms with Crippen molar-refractivity contribution < 1.29 is 27.8 Å². The summed E-state index contributed by atoms with van der Waals surface area (Å²) in [6, 6.07) is 33.5. The number of rotatable bonds is 12. The number of benzene rings is 4. The van der Waals surface area contributed by atoms with Crippen molar-refractivity contribution in [3.05, 3.63) is 120 Å². The summed E-state index contributed by atoms with van der Waals surface area (Å²) in [6.45, 7) is 1.62. The van der Waals surface area contributed by atoms with Crippen LogP contribution >= 0.6 is 0 Å². The van der Waals surface area contributed by atoms with Gasteiger partial charge >= 0.3 is 0 Å². The molecule has 0 unspecified atom stereocenters. The topological polar surface area (TPSA) is 106 Å². The van der Waals surface area contributed by atoms with Gasteiger partial charge in [0.05, 0.1) is 17.3 Å². The molecule has 46 heavy (non-hydrogen) atoms. The van der Waals surface area contributed by atoms with E-state index in [1.54, 1.807) is 47.4 Å². The second-order valence-electron chi connectivity index (χ2n) is 11.7. The lowest BCUT2D eigenvalue weighted by Gasteiger charge is -2.34. The van der Waals surface area contributed by atoms with Crippen LogP contribution in [0.3, 0.4) is 0 Å². The average Bonchev–Trinajstić information content (AvgIpc) is 3.78. The van der Waals surface area contributed by atoms with Crippen molar-refractivity contribution in [3.8, 4) is 16.9 Å². The molecule has 238 valence electrons. The summed E-state index contributed by atoms with van der Waals surface area (Å²) in [5.74, 6) is 0.428. The molecule has 2 aliphatic heterocycles. The maximum absolute atomic E-state index is 14.6. The molecule has 0 spiro atoms. The largest absolute Gasteiger partial charge is 0.494 e. The van der Waals surface area contributed by atoms with Crippen molar-refractivity contribution in [3.63, 3.8) is 0 Å². The van der Waals surface area contributed by atoms with Crippen LogP contribution in [-0.2, 0) is 19.4 Å². The van der Waals surface area contributed by atoms with Crippen LogP contribution in [0.2, 0.25) is 0 Å². The van der Waals surface area contributed by atoms with Crippen LogP contribution in [0.4, 0.5) is 0 Å². The predicted octanol–water partition coefficient (Wildman–Crippen LogP) is 5.86. The van der Waals surface area contributed by atoms with E-state index in [2.05, 4.69) is 0 Å². The lowest BCUT2D eigenvalue weighted by molar-refractivity contribution is -0.138. The van der Waals surface area contributed by atoms with Crippen LogP contribution in [0.25, 0.3) is 11.1 Å². The highest BCUT2D eigenvalue weighted by atomic mass is 32.2. The fraction of sp³-hybridized carbons (Fsp3) is 0.297. The zero-order chi connectivity index (χ0) is 32.0. The van der Waals surface area contributed by atoms with E-state index in [4.69, 9.17) is 19.6 Å². The maximum atomic E-state index is 14.6. The molecule has 0 radical (unpaired) electrons. The molecule has 4 aromatic carbocycles. The minimum atomic E-state index is -3.72. The van der Waals surface area contributed by atoms with Crippen LogP contribution < -0.4 is 4.74 Å². The van der Waals surface area contributed by atoms with Gasteiger partial charge in [0.25, 0.3) is 5.91 Å². The Morgan fingerprint density at radius 1 is 0.848 bits per heavy atom. The van der Waals surface area contributed by atoms with Gasteiger partial charge < -0.3 is 19.5 Å². The van der Waals surface area contributed by atoms with Gasteiger partial charge in [0.1, 0.15) is 5.75 Å². The molecule has 2 atom stereocenters. The number of nitrogens with zero attached hydrogens (tertiary/aromatic N) is 2. The molecule has 1 N–H and O–H groups in total. The molecule has 1 saturated heterocycles. The van der Waals surface area contributed by atoms with Gasteiger partial charge in [0, 0.05) is 38.1 Å². The predicted molar refractivity (Wildman–Crippen MR) is 178 cm³/mol. The Hall–Kier alpha value is -4.47. The van der Waals surface area contributed by atoms with Crippen molar-refractivity contribution in [2.45, 2.75) is 42.2 Å². The van der Waals surface area contributed by atoms with Gasteiger partial charge in [-0.2, -0.15) is 0 Å². The van der Waals surface area contributed by atoms with E-state index in [0.717, 1.165) is 29.5 Å². The average molecular weight is 639 g/mol. The summed E-state index contributed by atoms with van der Waals surface area (Å²) >= 11 is 0. The van der Waals surface area contributed by atoms with E-state index in [1.807, 2.05) is 66.7 Å². The smallest absolute Gasteiger partial charge is 0.254 e. The molecule has 0 saturated carbocycles. The molecular formula is C37H38N2O6S. The van der Waals surface area contributed by atoms with Crippen LogP contribution in [-0.4, -0.2) is 67.8 Å². The fourth-order valence-electron chi connectivity index (χ4n) is 6.06. The normalized spacial score (nSPS) is 19.5. The molecule has 0 aliphatic carbocycles. The SMILES string of the molecule is O=C(N1CCCC1)[C@]1(CCS(=O)(=O)c2ccccc2)N=C(c2ccc(OCCCO)cc2)O[C@@H]1c1ccc(-c2ccccc2)cc1. The number of hydrogen-bond acceptors (Lipinski definition) is 7. The van der Waals surface area contributed by atoms with E-state index in [9.17, 15) is 13.2 Å². The van der Waals surface area contributed by atoms with Gasteiger partial charge in [0.2, 0.25) is 5.90 Å². The molecule has 8 nitrogen and oxygen atoms in total. The van der Waals surface area contributed by atoms with Crippen molar-refractivity contribution in [1.82, 2.24) is 4.90 Å². The highest BCUT2D eigenvalue weighted by Gasteiger charge is 2.55. The zero-order valence-corrected chi connectivity index (χ0v) is 26.4. The minimum Gasteiger partial charge on any atom is -0.494 e. The van der Waals surface area contributed by atoms with Crippen LogP contribution in [0.1, 0.15) is 42.9 Å². The van der Waals surface area contributed by atoms with E-state index in [-0.39, 0.29) is 35.5 Å². The monoisotopic (exact) mass is 638 g/mol. The molecule has 1 amide bonds. The Balaban J connectivity index is 1.40. The lowest BCUT2D eigenvalue weighted by atomic mass is 9.84. The summed E-state index contributed by atoms with van der Waals surface area (Å²) in [4.78, 5) is 21.6. The molecule has 6 rings (SSSR count). The number of aliphatic hydroxyl groups excluding tert-OH is 1. The second kappa shape index (κ2) is 13.9. The highest BCUT2D eigenvalue weighted by molar-refractivity contribution is 7.91. The van der Waals surface area contributed by atoms with Crippen LogP contribution in [0, 0.1) is 0 Å². The Kier molecular flexibility index (Phi) is 9.51. The standard InChI is InChI=1S/C37H38N2O6S/c40-25-9-26-44-32-20-18-31(19-21-32)35-38-37(36(41)39-23-7-8-24-39,22-27-46(42,43)33-12-5-2-6-13-33)34(45-35)30-16-14-29(15-17-30)28-10-3-1-4-11-28/h1-6,10-21,34,40H,7-9,22-27H2/t34-,37-/m1/s1. The minimum absolute atomic E-state index is 0.0451. The molecule has 0 bridgehead atoms. The number of sulfone groups is 1. The highest BCUT2D eigenvalue weighted by Crippen LogP contribution is 2.45. The molecule has 2 heterocycles. The molecule has 9 heteroatoms. The first kappa shape index (κ1) is 31.5. The lowest BCUT2D eigenvalue weighted by Crippen LogP contribution is -2.50. The Morgan fingerprint density at radius 3 is 2.11 bits per heavy atom. The third kappa shape index (κ3) is 6.71. The molecule has 2 aliphatic rings. The van der Waals surface area contributed by atoms with Gasteiger partial charge in [-0.15, -0.1) is 0 Å². The maximum Gasteiger partial charge on any atom is 0.254 e. The quantitative estimate of drug-likeness (QED) is 0.195. The number of ether oxygens (including phenoxy) is 2. The molecular weight excluding hydrogens is 600 g/mol. The Bertz CT molecular complexity index is 1750. The number of likely N-dealkylation sites (tertiary alicyclic amines) is 1. The van der Waals surface area contributed by atoms with Gasteiger partial charge in [-0.1, -0.05) is 72.8 Å². The first-order valence-corrected chi connectivity index (χ1v) is 17.4. The van der Waals surface area contributed by atoms with Crippen molar-refractivity contribution in [1.29, 1.82) is 0 Å². The van der Waals surface area contributed by atoms with E-state index in [0.29, 0.717) is 37.4 Å². The zero-order valence-electron chi connectivity index (χ0n) is 25.6. The van der Waals surface area contributed by atoms with Crippen molar-refractivity contribution in [2.75, 3.05) is 32.1 Å². The van der Waals surface area contributed by atoms with Gasteiger partial charge in [-0.05, 0) is 65.9 Å². The third-order valence-corrected chi connectivity index (χ3v) is 10.3. The van der Waals surface area contributed by atoms with Crippen LogP contribution in [0.15, 0.2) is 119 Å². The van der Waals surface area contributed by atoms with Gasteiger partial charge in [-0.3, -0.25) is 4.79 Å². The van der Waals surface area contributed by atoms with Crippen molar-refractivity contribution in [2.24, 2.45) is 4.99 Å². The Morgan fingerprint density at radius 2 is 1.46 bits per heavy atom. The fourth-order valence-corrected chi connectivity index (χ4v) is 7.45. The summed E-state index contributed by atoms with van der Waals surface area (Å²) < 4.78 is 39.5. The first-order chi connectivity index (χ1) is 22.4. The number of carbonyl (C=O) groups excluding carboxylic acids is 1. The van der Waals surface area contributed by atoms with Crippen molar-refractivity contribution >= 4 is 21.6 Å². The van der Waals surface area contributed by atoms with E-state index < -0.39 is 21.5 Å². The number of aliphatic imine (C=N–C) groups is 1. The van der Waals surface area contributed by atoms with Gasteiger partial charge in [-0.25, -0.2) is 13.4 Å².